The summed E-state index contributed by atoms with van der Waals surface area (Å²) in [5.41, 5.74) is 7.32. The number of aliphatic hydroxyl groups excluding tert-OH is 1. The van der Waals surface area contributed by atoms with E-state index in [0.29, 0.717) is 16.9 Å². The summed E-state index contributed by atoms with van der Waals surface area (Å²) in [6.07, 6.45) is 2.16. The Morgan fingerprint density at radius 3 is 1.72 bits per heavy atom. The van der Waals surface area contributed by atoms with Crippen molar-refractivity contribution in [2.45, 2.75) is 43.4 Å². The number of nitrogens with one attached hydrogen (secondary N) is 3. The number of benzene rings is 2. The van der Waals surface area contributed by atoms with Gasteiger partial charge in [0.2, 0.25) is 17.7 Å². The molecule has 39 heavy (non-hydrogen) atoms. The van der Waals surface area contributed by atoms with Crippen molar-refractivity contribution in [2.24, 2.45) is 5.73 Å². The SMILES string of the molecule is CSCC[C@H](NC(=O)[C@@H](N)Cc1ccc(O)cc1)C(=O)N[C@@H](Cc1ccc(O)cc1)C(=O)N[C@@H](CO)C(=O)O. The van der Waals surface area contributed by atoms with Gasteiger partial charge in [0, 0.05) is 6.42 Å². The minimum Gasteiger partial charge on any atom is -0.508 e. The van der Waals surface area contributed by atoms with E-state index in [1.807, 2.05) is 6.26 Å². The van der Waals surface area contributed by atoms with Crippen LogP contribution in [0.25, 0.3) is 0 Å². The largest absolute Gasteiger partial charge is 0.508 e. The number of nitrogens with two attached hydrogens (primary N) is 1. The van der Waals surface area contributed by atoms with Crippen LogP contribution in [0.2, 0.25) is 0 Å². The van der Waals surface area contributed by atoms with Crippen LogP contribution >= 0.6 is 11.8 Å². The summed E-state index contributed by atoms with van der Waals surface area (Å²) in [6, 6.07) is 7.21. The van der Waals surface area contributed by atoms with Crippen LogP contribution in [-0.4, -0.2) is 86.9 Å². The Bertz CT molecular complexity index is 1110. The Hall–Kier alpha value is -3.81. The van der Waals surface area contributed by atoms with Crippen molar-refractivity contribution >= 4 is 35.5 Å². The highest BCUT2D eigenvalue weighted by Crippen LogP contribution is 2.13. The number of carboxylic acid groups (broad SMARTS) is 1. The van der Waals surface area contributed by atoms with Crippen LogP contribution in [-0.2, 0) is 32.0 Å². The van der Waals surface area contributed by atoms with Crippen LogP contribution in [0.4, 0.5) is 0 Å². The van der Waals surface area contributed by atoms with E-state index >= 15 is 0 Å². The zero-order chi connectivity index (χ0) is 28.9. The van der Waals surface area contributed by atoms with Crippen LogP contribution in [0, 0.1) is 0 Å². The number of thioether (sulfide) groups is 1. The molecule has 3 amide bonds. The highest BCUT2D eigenvalue weighted by molar-refractivity contribution is 7.98. The first-order valence-electron chi connectivity index (χ1n) is 12.1. The number of carbonyl (C=O) groups is 4. The summed E-state index contributed by atoms with van der Waals surface area (Å²) in [5.74, 6) is -2.99. The molecule has 0 aliphatic heterocycles. The second-order valence-electron chi connectivity index (χ2n) is 8.83. The van der Waals surface area contributed by atoms with E-state index in [1.165, 1.54) is 48.2 Å². The summed E-state index contributed by atoms with van der Waals surface area (Å²) >= 11 is 1.45. The molecule has 0 aliphatic carbocycles. The first kappa shape index (κ1) is 31.4. The highest BCUT2D eigenvalue weighted by atomic mass is 32.2. The Balaban J connectivity index is 2.18. The molecule has 0 fully saturated rings. The van der Waals surface area contributed by atoms with Crippen molar-refractivity contribution in [3.63, 3.8) is 0 Å². The predicted molar refractivity (Wildman–Crippen MR) is 145 cm³/mol. The number of amides is 3. The number of carboxylic acids is 1. The van der Waals surface area contributed by atoms with Crippen molar-refractivity contribution in [1.82, 2.24) is 16.0 Å². The number of phenols is 2. The van der Waals surface area contributed by atoms with E-state index in [4.69, 9.17) is 5.73 Å². The topological polar surface area (TPSA) is 211 Å². The smallest absolute Gasteiger partial charge is 0.328 e. The Labute approximate surface area is 230 Å². The van der Waals surface area contributed by atoms with Gasteiger partial charge in [-0.15, -0.1) is 0 Å². The summed E-state index contributed by atoms with van der Waals surface area (Å²) in [6.45, 7) is -0.855. The summed E-state index contributed by atoms with van der Waals surface area (Å²) in [4.78, 5) is 50.3. The molecule has 0 aromatic heterocycles. The zero-order valence-corrected chi connectivity index (χ0v) is 22.2. The Morgan fingerprint density at radius 2 is 1.23 bits per heavy atom. The van der Waals surface area contributed by atoms with Gasteiger partial charge in [-0.25, -0.2) is 4.79 Å². The van der Waals surface area contributed by atoms with E-state index in [1.54, 1.807) is 12.1 Å². The Kier molecular flexibility index (Phi) is 12.5. The van der Waals surface area contributed by atoms with Gasteiger partial charge in [0.05, 0.1) is 12.6 Å². The quantitative estimate of drug-likeness (QED) is 0.139. The summed E-state index contributed by atoms with van der Waals surface area (Å²) in [5, 5.41) is 44.9. The number of hydrogen-bond acceptors (Lipinski definition) is 9. The molecule has 0 aliphatic rings. The minimum absolute atomic E-state index is 0.00139. The molecule has 212 valence electrons. The van der Waals surface area contributed by atoms with Crippen LogP contribution in [0.1, 0.15) is 17.5 Å². The van der Waals surface area contributed by atoms with Gasteiger partial charge in [-0.1, -0.05) is 24.3 Å². The molecule has 0 bridgehead atoms. The van der Waals surface area contributed by atoms with Crippen molar-refractivity contribution in [3.8, 4) is 11.5 Å². The lowest BCUT2D eigenvalue weighted by Gasteiger charge is -2.25. The van der Waals surface area contributed by atoms with E-state index in [9.17, 15) is 39.6 Å². The maximum absolute atomic E-state index is 13.3. The fourth-order valence-corrected chi connectivity index (χ4v) is 4.04. The molecular weight excluding hydrogens is 528 g/mol. The fourth-order valence-electron chi connectivity index (χ4n) is 3.57. The lowest BCUT2D eigenvalue weighted by atomic mass is 10.0. The molecule has 0 unspecified atom stereocenters. The average molecular weight is 563 g/mol. The van der Waals surface area contributed by atoms with Crippen molar-refractivity contribution in [2.75, 3.05) is 18.6 Å². The minimum atomic E-state index is -1.58. The van der Waals surface area contributed by atoms with Gasteiger partial charge in [0.15, 0.2) is 0 Å². The third kappa shape index (κ3) is 10.5. The number of rotatable bonds is 15. The van der Waals surface area contributed by atoms with E-state index < -0.39 is 54.5 Å². The van der Waals surface area contributed by atoms with Gasteiger partial charge in [-0.2, -0.15) is 11.8 Å². The van der Waals surface area contributed by atoms with Crippen molar-refractivity contribution in [1.29, 1.82) is 0 Å². The van der Waals surface area contributed by atoms with Crippen molar-refractivity contribution < 1.29 is 39.6 Å². The number of carbonyl (C=O) groups excluding carboxylic acids is 3. The van der Waals surface area contributed by atoms with Gasteiger partial charge >= 0.3 is 5.97 Å². The Morgan fingerprint density at radius 1 is 0.769 bits per heavy atom. The van der Waals surface area contributed by atoms with E-state index in [-0.39, 0.29) is 30.8 Å². The first-order chi connectivity index (χ1) is 18.5. The molecule has 0 saturated heterocycles. The third-order valence-electron chi connectivity index (χ3n) is 5.78. The van der Waals surface area contributed by atoms with Gasteiger partial charge in [0.25, 0.3) is 0 Å². The number of aliphatic carboxylic acids is 1. The molecule has 0 spiro atoms. The molecule has 2 aromatic carbocycles. The molecule has 9 N–H and O–H groups in total. The van der Waals surface area contributed by atoms with E-state index in [2.05, 4.69) is 16.0 Å². The van der Waals surface area contributed by atoms with Gasteiger partial charge in [0.1, 0.15) is 29.6 Å². The lowest BCUT2D eigenvalue weighted by molar-refractivity contribution is -0.143. The van der Waals surface area contributed by atoms with Crippen LogP contribution < -0.4 is 21.7 Å². The van der Waals surface area contributed by atoms with Gasteiger partial charge in [-0.05, 0) is 60.2 Å². The summed E-state index contributed by atoms with van der Waals surface area (Å²) < 4.78 is 0. The van der Waals surface area contributed by atoms with Crippen LogP contribution in [0.15, 0.2) is 48.5 Å². The average Bonchev–Trinajstić information content (AvgIpc) is 2.91. The molecule has 0 radical (unpaired) electrons. The molecule has 4 atom stereocenters. The van der Waals surface area contributed by atoms with Crippen molar-refractivity contribution in [3.05, 3.63) is 59.7 Å². The predicted octanol–water partition coefficient (Wildman–Crippen LogP) is -0.505. The first-order valence-corrected chi connectivity index (χ1v) is 13.5. The normalized spacial score (nSPS) is 13.9. The molecule has 13 heteroatoms. The third-order valence-corrected chi connectivity index (χ3v) is 6.42. The second kappa shape index (κ2) is 15.6. The molecule has 0 heterocycles. The number of aliphatic hydroxyl groups is 1. The number of phenolic OH excluding ortho intramolecular Hbond substituents is 2. The van der Waals surface area contributed by atoms with Gasteiger partial charge < -0.3 is 42.1 Å². The van der Waals surface area contributed by atoms with Gasteiger partial charge in [-0.3, -0.25) is 14.4 Å². The van der Waals surface area contributed by atoms with E-state index in [0.717, 1.165) is 0 Å². The lowest BCUT2D eigenvalue weighted by Crippen LogP contribution is -2.58. The molecule has 0 saturated carbocycles. The maximum atomic E-state index is 13.3. The fraction of sp³-hybridized carbons (Fsp3) is 0.385. The zero-order valence-electron chi connectivity index (χ0n) is 21.4. The molecule has 2 aromatic rings. The molecular formula is C26H34N4O8S. The van der Waals surface area contributed by atoms with Crippen LogP contribution in [0.5, 0.6) is 11.5 Å². The highest BCUT2D eigenvalue weighted by Gasteiger charge is 2.30. The number of hydrogen-bond donors (Lipinski definition) is 8. The maximum Gasteiger partial charge on any atom is 0.328 e. The second-order valence-corrected chi connectivity index (χ2v) is 9.82. The monoisotopic (exact) mass is 562 g/mol. The number of aromatic hydroxyl groups is 2. The molecule has 12 nitrogen and oxygen atoms in total. The van der Waals surface area contributed by atoms with Crippen LogP contribution in [0.3, 0.4) is 0 Å². The molecule has 2 rings (SSSR count). The summed E-state index contributed by atoms with van der Waals surface area (Å²) in [7, 11) is 0. The standard InChI is InChI=1S/C26H34N4O8S/c1-39-11-10-20(28-23(34)19(27)12-15-2-6-17(32)7-3-15)24(35)29-21(13-16-4-8-18(33)9-5-16)25(36)30-22(14-31)26(37)38/h2-9,19-22,31-33H,10-14,27H2,1H3,(H,28,34)(H,29,35)(H,30,36)(H,37,38)/t19-,20-,21-,22-/m0/s1.